The summed E-state index contributed by atoms with van der Waals surface area (Å²) in [6, 6.07) is 10.0. The summed E-state index contributed by atoms with van der Waals surface area (Å²) in [4.78, 5) is 0. The number of aryl methyl sites for hydroxylation is 1. The van der Waals surface area contributed by atoms with E-state index < -0.39 is 16.1 Å². The summed E-state index contributed by atoms with van der Waals surface area (Å²) in [5.74, 6) is 0.743. The number of rotatable bonds is 6. The van der Waals surface area contributed by atoms with Gasteiger partial charge in [-0.1, -0.05) is 29.8 Å². The van der Waals surface area contributed by atoms with E-state index in [0.717, 1.165) is 0 Å². The predicted molar refractivity (Wildman–Crippen MR) is 80.5 cm³/mol. The average Bonchev–Trinajstić information content (AvgIpc) is 2.85. The third kappa shape index (κ3) is 4.57. The molecule has 1 aromatic carbocycles. The minimum atomic E-state index is -3.59. The van der Waals surface area contributed by atoms with Crippen molar-refractivity contribution < 1.29 is 17.9 Å². The zero-order valence-corrected chi connectivity index (χ0v) is 13.0. The lowest BCUT2D eigenvalue weighted by Crippen LogP contribution is -2.29. The largest absolute Gasteiger partial charge is 0.464 e. The Labute approximate surface area is 128 Å². The first-order valence-corrected chi connectivity index (χ1v) is 8.35. The highest BCUT2D eigenvalue weighted by Gasteiger charge is 2.18. The van der Waals surface area contributed by atoms with E-state index in [4.69, 9.17) is 16.0 Å². The third-order valence-corrected chi connectivity index (χ3v) is 4.56. The monoisotopic (exact) mass is 329 g/mol. The van der Waals surface area contributed by atoms with Crippen LogP contribution in [0.2, 0.25) is 5.02 Å². The summed E-state index contributed by atoms with van der Waals surface area (Å²) in [6.07, 6.45) is -1.03. The molecular weight excluding hydrogens is 314 g/mol. The fourth-order valence-corrected chi connectivity index (χ4v) is 3.27. The van der Waals surface area contributed by atoms with E-state index in [9.17, 15) is 13.5 Å². The molecule has 21 heavy (non-hydrogen) atoms. The number of benzene rings is 1. The molecule has 0 radical (unpaired) electrons. The van der Waals surface area contributed by atoms with Crippen molar-refractivity contribution in [3.05, 3.63) is 58.5 Å². The minimum Gasteiger partial charge on any atom is -0.464 e. The summed E-state index contributed by atoms with van der Waals surface area (Å²) in [5.41, 5.74) is 0.509. The maximum atomic E-state index is 12.0. The molecule has 114 valence electrons. The van der Waals surface area contributed by atoms with Crippen LogP contribution in [-0.2, 0) is 15.8 Å². The second-order valence-electron chi connectivity index (χ2n) is 4.66. The van der Waals surface area contributed by atoms with Crippen molar-refractivity contribution in [3.8, 4) is 0 Å². The van der Waals surface area contributed by atoms with E-state index in [1.54, 1.807) is 43.3 Å². The second-order valence-corrected chi connectivity index (χ2v) is 6.88. The number of halogens is 1. The Balaban J connectivity index is 1.97. The van der Waals surface area contributed by atoms with Crippen molar-refractivity contribution in [2.24, 2.45) is 0 Å². The van der Waals surface area contributed by atoms with Gasteiger partial charge in [-0.05, 0) is 30.7 Å². The smallest absolute Gasteiger partial charge is 0.215 e. The van der Waals surface area contributed by atoms with Crippen molar-refractivity contribution in [3.63, 3.8) is 0 Å². The summed E-state index contributed by atoms with van der Waals surface area (Å²) in [6.45, 7) is 1.59. The summed E-state index contributed by atoms with van der Waals surface area (Å²) >= 11 is 5.94. The second kappa shape index (κ2) is 6.62. The van der Waals surface area contributed by atoms with Gasteiger partial charge in [-0.25, -0.2) is 13.1 Å². The van der Waals surface area contributed by atoms with E-state index >= 15 is 0 Å². The van der Waals surface area contributed by atoms with Crippen LogP contribution in [0.3, 0.4) is 0 Å². The molecule has 1 heterocycles. The molecule has 2 rings (SSSR count). The molecule has 0 bridgehead atoms. The molecule has 0 amide bonds. The molecule has 1 atom stereocenters. The Morgan fingerprint density at radius 1 is 1.29 bits per heavy atom. The highest BCUT2D eigenvalue weighted by Crippen LogP contribution is 2.18. The number of furan rings is 1. The Morgan fingerprint density at radius 3 is 2.62 bits per heavy atom. The standard InChI is InChI=1S/C14H16ClNO4S/c1-10-6-7-14(20-10)13(17)8-16-21(18,19)9-11-4-2-3-5-12(11)15/h2-7,13,16-17H,8-9H2,1H3. The van der Waals surface area contributed by atoms with Gasteiger partial charge in [0.25, 0.3) is 0 Å². The molecule has 7 heteroatoms. The van der Waals surface area contributed by atoms with Gasteiger partial charge >= 0.3 is 0 Å². The van der Waals surface area contributed by atoms with Gasteiger partial charge in [0.1, 0.15) is 17.6 Å². The molecular formula is C14H16ClNO4S. The molecule has 1 unspecified atom stereocenters. The summed E-state index contributed by atoms with van der Waals surface area (Å²) in [5, 5.41) is 10.3. The van der Waals surface area contributed by atoms with Crippen LogP contribution in [0, 0.1) is 6.92 Å². The van der Waals surface area contributed by atoms with Crippen LogP contribution in [0.15, 0.2) is 40.8 Å². The molecule has 0 aliphatic carbocycles. The van der Waals surface area contributed by atoms with Gasteiger partial charge < -0.3 is 9.52 Å². The molecule has 1 aromatic heterocycles. The fraction of sp³-hybridized carbons (Fsp3) is 0.286. The van der Waals surface area contributed by atoms with Crippen LogP contribution in [-0.4, -0.2) is 20.1 Å². The van der Waals surface area contributed by atoms with Crippen molar-refractivity contribution in [2.45, 2.75) is 18.8 Å². The Morgan fingerprint density at radius 2 is 2.00 bits per heavy atom. The lowest BCUT2D eigenvalue weighted by molar-refractivity contribution is 0.152. The van der Waals surface area contributed by atoms with Gasteiger partial charge in [0.15, 0.2) is 0 Å². The summed E-state index contributed by atoms with van der Waals surface area (Å²) in [7, 11) is -3.59. The highest BCUT2D eigenvalue weighted by molar-refractivity contribution is 7.88. The van der Waals surface area contributed by atoms with Crippen molar-refractivity contribution >= 4 is 21.6 Å². The van der Waals surface area contributed by atoms with Gasteiger partial charge in [-0.15, -0.1) is 0 Å². The summed E-state index contributed by atoms with van der Waals surface area (Å²) < 4.78 is 31.6. The molecule has 0 fully saturated rings. The zero-order chi connectivity index (χ0) is 15.5. The molecule has 0 saturated heterocycles. The average molecular weight is 330 g/mol. The topological polar surface area (TPSA) is 79.5 Å². The Bertz CT molecular complexity index is 711. The van der Waals surface area contributed by atoms with Crippen LogP contribution in [0.4, 0.5) is 0 Å². The number of hydrogen-bond donors (Lipinski definition) is 2. The van der Waals surface area contributed by atoms with Crippen LogP contribution >= 0.6 is 11.6 Å². The maximum Gasteiger partial charge on any atom is 0.215 e. The number of hydrogen-bond acceptors (Lipinski definition) is 4. The number of nitrogens with one attached hydrogen (secondary N) is 1. The van der Waals surface area contributed by atoms with Gasteiger partial charge in [0.2, 0.25) is 10.0 Å². The van der Waals surface area contributed by atoms with Crippen molar-refractivity contribution in [1.82, 2.24) is 4.72 Å². The molecule has 0 saturated carbocycles. The van der Waals surface area contributed by atoms with Crippen LogP contribution in [0.25, 0.3) is 0 Å². The minimum absolute atomic E-state index is 0.153. The van der Waals surface area contributed by atoms with Gasteiger partial charge in [-0.3, -0.25) is 0 Å². The predicted octanol–water partition coefficient (Wildman–Crippen LogP) is 2.39. The molecule has 5 nitrogen and oxygen atoms in total. The van der Waals surface area contributed by atoms with Crippen molar-refractivity contribution in [1.29, 1.82) is 0 Å². The van der Waals surface area contributed by atoms with Crippen LogP contribution in [0.5, 0.6) is 0 Å². The lowest BCUT2D eigenvalue weighted by atomic mass is 10.2. The molecule has 2 aromatic rings. The van der Waals surface area contributed by atoms with E-state index in [0.29, 0.717) is 22.1 Å². The normalized spacial score (nSPS) is 13.3. The molecule has 0 aliphatic heterocycles. The Hall–Kier alpha value is -1.34. The van der Waals surface area contributed by atoms with Gasteiger partial charge in [0.05, 0.1) is 5.75 Å². The SMILES string of the molecule is Cc1ccc(C(O)CNS(=O)(=O)Cc2ccccc2Cl)o1. The first-order valence-electron chi connectivity index (χ1n) is 6.32. The van der Waals surface area contributed by atoms with E-state index in [1.807, 2.05) is 0 Å². The van der Waals surface area contributed by atoms with Gasteiger partial charge in [-0.2, -0.15) is 0 Å². The maximum absolute atomic E-state index is 12.0. The lowest BCUT2D eigenvalue weighted by Gasteiger charge is -2.11. The van der Waals surface area contributed by atoms with E-state index in [2.05, 4.69) is 4.72 Å². The number of sulfonamides is 1. The molecule has 0 spiro atoms. The fourth-order valence-electron chi connectivity index (χ4n) is 1.81. The van der Waals surface area contributed by atoms with Crippen LogP contribution < -0.4 is 4.72 Å². The first kappa shape index (κ1) is 16.0. The van der Waals surface area contributed by atoms with E-state index in [-0.39, 0.29) is 12.3 Å². The zero-order valence-electron chi connectivity index (χ0n) is 11.4. The van der Waals surface area contributed by atoms with Crippen LogP contribution in [0.1, 0.15) is 23.2 Å². The quantitative estimate of drug-likeness (QED) is 0.853. The molecule has 0 aliphatic rings. The first-order chi connectivity index (χ1) is 9.87. The van der Waals surface area contributed by atoms with Gasteiger partial charge in [0, 0.05) is 11.6 Å². The molecule has 2 N–H and O–H groups in total. The van der Waals surface area contributed by atoms with E-state index in [1.165, 1.54) is 0 Å². The van der Waals surface area contributed by atoms with Crippen molar-refractivity contribution in [2.75, 3.05) is 6.54 Å². The number of aliphatic hydroxyl groups excluding tert-OH is 1. The highest BCUT2D eigenvalue weighted by atomic mass is 35.5. The number of aliphatic hydroxyl groups is 1. The Kier molecular flexibility index (Phi) is 5.05. The third-order valence-electron chi connectivity index (χ3n) is 2.89.